The lowest BCUT2D eigenvalue weighted by atomic mass is 9.94. The van der Waals surface area contributed by atoms with Gasteiger partial charge in [0.2, 0.25) is 5.91 Å². The lowest BCUT2D eigenvalue weighted by Gasteiger charge is -2.32. The zero-order valence-electron chi connectivity index (χ0n) is 19.1. The third-order valence-electron chi connectivity index (χ3n) is 4.07. The van der Waals surface area contributed by atoms with Gasteiger partial charge in [0.15, 0.2) is 0 Å². The quantitative estimate of drug-likeness (QED) is 0.418. The first-order chi connectivity index (χ1) is 13.5. The molecule has 30 heavy (non-hydrogen) atoms. The molecule has 0 aliphatic rings. The van der Waals surface area contributed by atoms with Crippen molar-refractivity contribution in [3.63, 3.8) is 0 Å². The summed E-state index contributed by atoms with van der Waals surface area (Å²) in [5.41, 5.74) is -0.867. The molecular weight excluding hydrogens is 400 g/mol. The molecule has 10 heteroatoms. The van der Waals surface area contributed by atoms with Crippen LogP contribution in [0.25, 0.3) is 0 Å². The topological polar surface area (TPSA) is 117 Å². The summed E-state index contributed by atoms with van der Waals surface area (Å²) < 4.78 is 34.6. The normalized spacial score (nSPS) is 15.4. The zero-order valence-corrected chi connectivity index (χ0v) is 19.1. The monoisotopic (exact) mass is 437 g/mol. The van der Waals surface area contributed by atoms with Crippen molar-refractivity contribution in [3.05, 3.63) is 0 Å². The van der Waals surface area contributed by atoms with Gasteiger partial charge in [-0.05, 0) is 46.0 Å². The Morgan fingerprint density at radius 1 is 1.03 bits per heavy atom. The molecule has 0 spiro atoms. The fourth-order valence-electron chi connectivity index (χ4n) is 2.68. The maximum atomic E-state index is 14.8. The molecule has 3 atom stereocenters. The van der Waals surface area contributed by atoms with E-state index in [0.29, 0.717) is 0 Å². The number of aliphatic hydroxyl groups is 1. The van der Waals surface area contributed by atoms with Gasteiger partial charge in [0.25, 0.3) is 5.91 Å². The molecule has 0 bridgehead atoms. The molecule has 0 aromatic rings. The lowest BCUT2D eigenvalue weighted by Crippen LogP contribution is -2.61. The molecule has 0 aliphatic carbocycles. The van der Waals surface area contributed by atoms with E-state index in [-0.39, 0.29) is 18.9 Å². The van der Waals surface area contributed by atoms with Crippen LogP contribution in [0.2, 0.25) is 0 Å². The van der Waals surface area contributed by atoms with Crippen LogP contribution in [0.4, 0.5) is 13.6 Å². The second kappa shape index (κ2) is 11.4. The highest BCUT2D eigenvalue weighted by Crippen LogP contribution is 2.25. The Hall–Kier alpha value is -1.97. The number of carbonyl (C=O) groups is 3. The fraction of sp³-hybridized carbons (Fsp3) is 0.850. The standard InChI is InChI=1S/C20H37F2N3O5/c1-9-23-16(27)14(12(4)5)25-17(28)20(21,22)15(26)13(10-11(2)3)24-18(29)30-19(6,7)8/h11-15,26H,9-10H2,1-8H3,(H,23,27)(H,24,29)(H,25,28)/t13-,14-,15+/m0/s1. The van der Waals surface area contributed by atoms with Crippen molar-refractivity contribution in [2.24, 2.45) is 11.8 Å². The highest BCUT2D eigenvalue weighted by atomic mass is 19.3. The SMILES string of the molecule is CCNC(=O)[C@@H](NC(=O)C(F)(F)[C@H](O)[C@H](CC(C)C)NC(=O)OC(C)(C)C)C(C)C. The molecule has 4 N–H and O–H groups in total. The number of likely N-dealkylation sites (N-methyl/N-ethyl adjacent to an activating group) is 1. The molecule has 0 radical (unpaired) electrons. The molecular formula is C20H37F2N3O5. The molecule has 8 nitrogen and oxygen atoms in total. The van der Waals surface area contributed by atoms with E-state index in [4.69, 9.17) is 4.74 Å². The van der Waals surface area contributed by atoms with Gasteiger partial charge in [0.1, 0.15) is 17.7 Å². The summed E-state index contributed by atoms with van der Waals surface area (Å²) in [6, 6.07) is -2.64. The molecule has 0 aliphatic heterocycles. The lowest BCUT2D eigenvalue weighted by molar-refractivity contribution is -0.169. The Kier molecular flexibility index (Phi) is 10.7. The van der Waals surface area contributed by atoms with Gasteiger partial charge < -0.3 is 25.8 Å². The van der Waals surface area contributed by atoms with Crippen molar-refractivity contribution in [1.29, 1.82) is 0 Å². The molecule has 3 amide bonds. The van der Waals surface area contributed by atoms with E-state index < -0.39 is 53.5 Å². The highest BCUT2D eigenvalue weighted by Gasteiger charge is 2.51. The van der Waals surface area contributed by atoms with Crippen LogP contribution in [-0.4, -0.2) is 59.3 Å². The van der Waals surface area contributed by atoms with Gasteiger partial charge in [-0.25, -0.2) is 4.79 Å². The number of carbonyl (C=O) groups excluding carboxylic acids is 3. The maximum Gasteiger partial charge on any atom is 0.407 e. The molecule has 0 rings (SSSR count). The van der Waals surface area contributed by atoms with E-state index in [2.05, 4.69) is 10.6 Å². The fourth-order valence-corrected chi connectivity index (χ4v) is 2.68. The number of alkyl halides is 2. The molecule has 0 heterocycles. The third kappa shape index (κ3) is 9.23. The number of hydrogen-bond donors (Lipinski definition) is 4. The number of aliphatic hydroxyl groups excluding tert-OH is 1. The predicted octanol–water partition coefficient (Wildman–Crippen LogP) is 2.20. The van der Waals surface area contributed by atoms with E-state index in [1.54, 1.807) is 55.4 Å². The van der Waals surface area contributed by atoms with Crippen LogP contribution in [0.3, 0.4) is 0 Å². The van der Waals surface area contributed by atoms with E-state index in [1.807, 2.05) is 5.32 Å². The van der Waals surface area contributed by atoms with Crippen LogP contribution in [0.1, 0.15) is 61.8 Å². The van der Waals surface area contributed by atoms with Gasteiger partial charge in [-0.1, -0.05) is 27.7 Å². The Balaban J connectivity index is 5.51. The van der Waals surface area contributed by atoms with Crippen molar-refractivity contribution >= 4 is 17.9 Å². The third-order valence-corrected chi connectivity index (χ3v) is 4.07. The molecule has 0 aromatic carbocycles. The van der Waals surface area contributed by atoms with E-state index in [0.717, 1.165) is 0 Å². The maximum absolute atomic E-state index is 14.8. The van der Waals surface area contributed by atoms with Crippen molar-refractivity contribution in [2.45, 2.75) is 91.5 Å². The second-order valence-electron chi connectivity index (χ2n) is 9.04. The minimum Gasteiger partial charge on any atom is -0.444 e. The van der Waals surface area contributed by atoms with Crippen LogP contribution in [-0.2, 0) is 14.3 Å². The first-order valence-electron chi connectivity index (χ1n) is 10.2. The van der Waals surface area contributed by atoms with Gasteiger partial charge in [0, 0.05) is 6.54 Å². The summed E-state index contributed by atoms with van der Waals surface area (Å²) in [5.74, 6) is -7.28. The molecule has 0 aromatic heterocycles. The Labute approximate surface area is 177 Å². The van der Waals surface area contributed by atoms with Gasteiger partial charge in [-0.2, -0.15) is 8.78 Å². The molecule has 0 saturated heterocycles. The van der Waals surface area contributed by atoms with Crippen molar-refractivity contribution in [3.8, 4) is 0 Å². The Morgan fingerprint density at radius 3 is 1.97 bits per heavy atom. The number of ether oxygens (including phenoxy) is 1. The first kappa shape index (κ1) is 28.0. The summed E-state index contributed by atoms with van der Waals surface area (Å²) in [6.07, 6.45) is -3.52. The average Bonchev–Trinajstić information content (AvgIpc) is 2.55. The summed E-state index contributed by atoms with van der Waals surface area (Å²) in [5, 5.41) is 17.0. The molecule has 0 unspecified atom stereocenters. The van der Waals surface area contributed by atoms with E-state index in [9.17, 15) is 28.3 Å². The van der Waals surface area contributed by atoms with Crippen LogP contribution in [0, 0.1) is 11.8 Å². The number of alkyl carbamates (subject to hydrolysis) is 1. The van der Waals surface area contributed by atoms with Crippen molar-refractivity contribution in [2.75, 3.05) is 6.54 Å². The van der Waals surface area contributed by atoms with Gasteiger partial charge >= 0.3 is 12.0 Å². The number of rotatable bonds is 10. The van der Waals surface area contributed by atoms with E-state index >= 15 is 0 Å². The molecule has 176 valence electrons. The van der Waals surface area contributed by atoms with Gasteiger partial charge in [-0.15, -0.1) is 0 Å². The number of amides is 3. The Morgan fingerprint density at radius 2 is 1.57 bits per heavy atom. The summed E-state index contributed by atoms with van der Waals surface area (Å²) >= 11 is 0. The minimum absolute atomic E-state index is 0.0206. The van der Waals surface area contributed by atoms with Crippen molar-refractivity contribution < 1.29 is 33.0 Å². The first-order valence-corrected chi connectivity index (χ1v) is 10.2. The van der Waals surface area contributed by atoms with Gasteiger partial charge in [0.05, 0.1) is 6.04 Å². The summed E-state index contributed by atoms with van der Waals surface area (Å²) in [4.78, 5) is 36.4. The number of halogens is 2. The molecule has 0 saturated carbocycles. The van der Waals surface area contributed by atoms with Crippen LogP contribution in [0.15, 0.2) is 0 Å². The summed E-state index contributed by atoms with van der Waals surface area (Å²) in [6.45, 7) is 13.4. The zero-order chi connectivity index (χ0) is 23.9. The van der Waals surface area contributed by atoms with Crippen LogP contribution >= 0.6 is 0 Å². The summed E-state index contributed by atoms with van der Waals surface area (Å²) in [7, 11) is 0. The smallest absolute Gasteiger partial charge is 0.407 e. The van der Waals surface area contributed by atoms with Crippen molar-refractivity contribution in [1.82, 2.24) is 16.0 Å². The van der Waals surface area contributed by atoms with Gasteiger partial charge in [-0.3, -0.25) is 9.59 Å². The Bertz CT molecular complexity index is 591. The molecule has 0 fully saturated rings. The van der Waals surface area contributed by atoms with Crippen LogP contribution < -0.4 is 16.0 Å². The minimum atomic E-state index is -4.26. The van der Waals surface area contributed by atoms with E-state index in [1.165, 1.54) is 0 Å². The predicted molar refractivity (Wildman–Crippen MR) is 109 cm³/mol. The highest BCUT2D eigenvalue weighted by molar-refractivity contribution is 5.91. The second-order valence-corrected chi connectivity index (χ2v) is 9.04. The largest absolute Gasteiger partial charge is 0.444 e. The number of nitrogens with one attached hydrogen (secondary N) is 3. The number of hydrogen-bond acceptors (Lipinski definition) is 5. The average molecular weight is 438 g/mol. The van der Waals surface area contributed by atoms with Crippen LogP contribution in [0.5, 0.6) is 0 Å².